The van der Waals surface area contributed by atoms with Crippen molar-refractivity contribution in [2.75, 3.05) is 13.7 Å². The molecule has 0 radical (unpaired) electrons. The quantitative estimate of drug-likeness (QED) is 0.833. The molecule has 1 aliphatic heterocycles. The monoisotopic (exact) mass is 278 g/mol. The highest BCUT2D eigenvalue weighted by atomic mass is 16.5. The van der Waals surface area contributed by atoms with Crippen molar-refractivity contribution in [3.05, 3.63) is 17.8 Å². The Morgan fingerprint density at radius 3 is 3.00 bits per heavy atom. The Morgan fingerprint density at radius 2 is 2.35 bits per heavy atom. The van der Waals surface area contributed by atoms with Crippen LogP contribution >= 0.6 is 0 Å². The summed E-state index contributed by atoms with van der Waals surface area (Å²) >= 11 is 0. The highest BCUT2D eigenvalue weighted by Gasteiger charge is 2.49. The second-order valence-corrected chi connectivity index (χ2v) is 6.31. The summed E-state index contributed by atoms with van der Waals surface area (Å²) in [6.45, 7) is 4.88. The van der Waals surface area contributed by atoms with Crippen LogP contribution < -0.4 is 0 Å². The van der Waals surface area contributed by atoms with Gasteiger partial charge >= 0.3 is 0 Å². The summed E-state index contributed by atoms with van der Waals surface area (Å²) in [5.41, 5.74) is 0.634. The third-order valence-corrected chi connectivity index (χ3v) is 5.10. The molecule has 0 unspecified atom stereocenters. The number of carbonyl (C=O) groups is 1. The minimum Gasteiger partial charge on any atom is -0.448 e. The first kappa shape index (κ1) is 13.6. The van der Waals surface area contributed by atoms with Gasteiger partial charge in [0, 0.05) is 19.7 Å². The van der Waals surface area contributed by atoms with Crippen LogP contribution in [0, 0.1) is 12.3 Å². The number of likely N-dealkylation sites (tertiary alicyclic amines) is 1. The number of nitrogens with zero attached hydrogens (tertiary/aromatic N) is 2. The second-order valence-electron chi connectivity index (χ2n) is 6.31. The van der Waals surface area contributed by atoms with Gasteiger partial charge in [0.15, 0.2) is 12.1 Å². The van der Waals surface area contributed by atoms with Crippen molar-refractivity contribution in [1.82, 2.24) is 9.88 Å². The van der Waals surface area contributed by atoms with Gasteiger partial charge in [0.25, 0.3) is 5.91 Å². The van der Waals surface area contributed by atoms with Gasteiger partial charge in [-0.1, -0.05) is 6.92 Å². The first-order valence-electron chi connectivity index (χ1n) is 7.29. The van der Waals surface area contributed by atoms with E-state index in [1.165, 1.54) is 6.39 Å². The van der Waals surface area contributed by atoms with E-state index >= 15 is 0 Å². The van der Waals surface area contributed by atoms with Crippen LogP contribution in [0.4, 0.5) is 0 Å². The van der Waals surface area contributed by atoms with Gasteiger partial charge in [-0.05, 0) is 38.0 Å². The highest BCUT2D eigenvalue weighted by molar-refractivity contribution is 5.93. The van der Waals surface area contributed by atoms with Crippen LogP contribution in [0.5, 0.6) is 0 Å². The van der Waals surface area contributed by atoms with Crippen molar-refractivity contribution in [3.8, 4) is 0 Å². The van der Waals surface area contributed by atoms with E-state index in [0.29, 0.717) is 23.6 Å². The number of carbonyl (C=O) groups excluding carboxylic acids is 1. The fourth-order valence-electron chi connectivity index (χ4n) is 3.87. The van der Waals surface area contributed by atoms with E-state index in [0.717, 1.165) is 32.2 Å². The van der Waals surface area contributed by atoms with Gasteiger partial charge in [-0.2, -0.15) is 0 Å². The summed E-state index contributed by atoms with van der Waals surface area (Å²) in [7, 11) is 1.78. The minimum atomic E-state index is 0.0147. The van der Waals surface area contributed by atoms with Gasteiger partial charge in [-0.3, -0.25) is 4.79 Å². The van der Waals surface area contributed by atoms with E-state index in [9.17, 15) is 4.79 Å². The molecule has 5 heteroatoms. The summed E-state index contributed by atoms with van der Waals surface area (Å²) in [6.07, 6.45) is 5.80. The molecule has 110 valence electrons. The van der Waals surface area contributed by atoms with Crippen molar-refractivity contribution < 1.29 is 13.9 Å². The maximum Gasteiger partial charge on any atom is 0.276 e. The SMILES string of the molecule is CO[C@@H]1CC[C@H]2N(C(=O)c3ncoc3C)CC[C@@]2(C)C1. The molecule has 3 rings (SSSR count). The third kappa shape index (κ3) is 2.04. The lowest BCUT2D eigenvalue weighted by molar-refractivity contribution is -0.00289. The Bertz CT molecular complexity index is 513. The van der Waals surface area contributed by atoms with Crippen molar-refractivity contribution in [2.45, 2.75) is 51.7 Å². The summed E-state index contributed by atoms with van der Waals surface area (Å²) in [4.78, 5) is 18.7. The molecule has 3 atom stereocenters. The van der Waals surface area contributed by atoms with E-state index in [1.807, 2.05) is 4.90 Å². The van der Waals surface area contributed by atoms with E-state index < -0.39 is 0 Å². The topological polar surface area (TPSA) is 55.6 Å². The average Bonchev–Trinajstić information content (AvgIpc) is 3.00. The van der Waals surface area contributed by atoms with Crippen molar-refractivity contribution in [1.29, 1.82) is 0 Å². The number of ether oxygens (including phenoxy) is 1. The predicted molar refractivity (Wildman–Crippen MR) is 73.4 cm³/mol. The zero-order chi connectivity index (χ0) is 14.3. The molecule has 20 heavy (non-hydrogen) atoms. The van der Waals surface area contributed by atoms with Crippen LogP contribution in [0.1, 0.15) is 48.9 Å². The molecular weight excluding hydrogens is 256 g/mol. The molecular formula is C15H22N2O3. The Labute approximate surface area is 119 Å². The maximum atomic E-state index is 12.6. The van der Waals surface area contributed by atoms with E-state index in [1.54, 1.807) is 14.0 Å². The number of rotatable bonds is 2. The zero-order valence-corrected chi connectivity index (χ0v) is 12.4. The molecule has 1 aliphatic carbocycles. The number of amides is 1. The maximum absolute atomic E-state index is 12.6. The minimum absolute atomic E-state index is 0.0147. The van der Waals surface area contributed by atoms with Gasteiger partial charge in [0.05, 0.1) is 6.10 Å². The largest absolute Gasteiger partial charge is 0.448 e. The Balaban J connectivity index is 1.81. The summed E-state index contributed by atoms with van der Waals surface area (Å²) in [6, 6.07) is 0.303. The molecule has 0 bridgehead atoms. The Morgan fingerprint density at radius 1 is 1.55 bits per heavy atom. The average molecular weight is 278 g/mol. The van der Waals surface area contributed by atoms with Crippen molar-refractivity contribution >= 4 is 5.91 Å². The molecule has 1 amide bonds. The van der Waals surface area contributed by atoms with E-state index in [-0.39, 0.29) is 11.3 Å². The van der Waals surface area contributed by atoms with Gasteiger partial charge in [0.2, 0.25) is 0 Å². The molecule has 2 aliphatic rings. The molecule has 0 spiro atoms. The fourth-order valence-corrected chi connectivity index (χ4v) is 3.87. The summed E-state index contributed by atoms with van der Waals surface area (Å²) < 4.78 is 10.7. The molecule has 1 saturated carbocycles. The van der Waals surface area contributed by atoms with Crippen molar-refractivity contribution in [2.24, 2.45) is 5.41 Å². The summed E-state index contributed by atoms with van der Waals surface area (Å²) in [5, 5.41) is 0. The van der Waals surface area contributed by atoms with Crippen LogP contribution in [0.3, 0.4) is 0 Å². The number of hydrogen-bond acceptors (Lipinski definition) is 4. The van der Waals surface area contributed by atoms with Crippen LogP contribution in [0.2, 0.25) is 0 Å². The third-order valence-electron chi connectivity index (χ3n) is 5.10. The highest BCUT2D eigenvalue weighted by Crippen LogP contribution is 2.47. The van der Waals surface area contributed by atoms with Gasteiger partial charge in [-0.25, -0.2) is 4.98 Å². The molecule has 1 aromatic rings. The normalized spacial score (nSPS) is 33.2. The van der Waals surface area contributed by atoms with E-state index in [2.05, 4.69) is 11.9 Å². The molecule has 0 N–H and O–H groups in total. The lowest BCUT2D eigenvalue weighted by Gasteiger charge is -2.42. The number of aryl methyl sites for hydroxylation is 1. The first-order valence-corrected chi connectivity index (χ1v) is 7.29. The molecule has 0 aromatic carbocycles. The van der Waals surface area contributed by atoms with Crippen LogP contribution in [-0.2, 0) is 4.74 Å². The standard InChI is InChI=1S/C15H22N2O3/c1-10-13(16-9-20-10)14(18)17-7-6-15(2)8-11(19-3)4-5-12(15)17/h9,11-12H,4-8H2,1-3H3/t11-,12-,15+/m1/s1. The summed E-state index contributed by atoms with van der Waals surface area (Å²) in [5.74, 6) is 0.620. The van der Waals surface area contributed by atoms with E-state index in [4.69, 9.17) is 9.15 Å². The number of oxazole rings is 1. The van der Waals surface area contributed by atoms with Gasteiger partial charge in [0.1, 0.15) is 5.76 Å². The fraction of sp³-hybridized carbons (Fsp3) is 0.733. The smallest absolute Gasteiger partial charge is 0.276 e. The number of hydrogen-bond donors (Lipinski definition) is 0. The van der Waals surface area contributed by atoms with Gasteiger partial charge < -0.3 is 14.1 Å². The lowest BCUT2D eigenvalue weighted by atomic mass is 9.71. The van der Waals surface area contributed by atoms with Crippen LogP contribution in [-0.4, -0.2) is 41.6 Å². The zero-order valence-electron chi connectivity index (χ0n) is 12.4. The number of fused-ring (bicyclic) bond motifs is 1. The Hall–Kier alpha value is -1.36. The molecule has 1 aromatic heterocycles. The predicted octanol–water partition coefficient (Wildman–Crippen LogP) is 2.40. The molecule has 1 saturated heterocycles. The second kappa shape index (κ2) is 4.88. The Kier molecular flexibility index (Phi) is 3.32. The molecule has 2 heterocycles. The number of methoxy groups -OCH3 is 1. The van der Waals surface area contributed by atoms with Crippen LogP contribution in [0.25, 0.3) is 0 Å². The first-order chi connectivity index (χ1) is 9.55. The van der Waals surface area contributed by atoms with Gasteiger partial charge in [-0.15, -0.1) is 0 Å². The molecule has 2 fully saturated rings. The van der Waals surface area contributed by atoms with Crippen molar-refractivity contribution in [3.63, 3.8) is 0 Å². The lowest BCUT2D eigenvalue weighted by Crippen LogP contribution is -2.46. The molecule has 5 nitrogen and oxygen atoms in total. The number of aromatic nitrogens is 1. The van der Waals surface area contributed by atoms with Crippen LogP contribution in [0.15, 0.2) is 10.8 Å².